The standard InChI is InChI=1S/C29H30N6O4/c36-26-24-9-5-11-31-27(24)39-19-23-18-33(28(37)21-7-2-1-3-8-21)12-13-35(23)29(38)25-14-22(32-26)17-34(25)16-20-6-4-10-30-15-20/h1-11,15,22-23,25H,12-14,16-19H2,(H,32,36)/t22-,23-,25-/m0/s1. The van der Waals surface area contributed by atoms with E-state index in [1.54, 1.807) is 47.8 Å². The topological polar surface area (TPSA) is 108 Å². The van der Waals surface area contributed by atoms with E-state index in [-0.39, 0.29) is 36.3 Å². The Morgan fingerprint density at radius 2 is 1.85 bits per heavy atom. The van der Waals surface area contributed by atoms with E-state index in [0.29, 0.717) is 50.3 Å². The number of amides is 3. The summed E-state index contributed by atoms with van der Waals surface area (Å²) >= 11 is 0. The molecule has 2 aromatic heterocycles. The fourth-order valence-electron chi connectivity index (χ4n) is 5.71. The van der Waals surface area contributed by atoms with Gasteiger partial charge in [-0.25, -0.2) is 4.98 Å². The zero-order chi connectivity index (χ0) is 26.8. The van der Waals surface area contributed by atoms with Crippen LogP contribution < -0.4 is 10.1 Å². The summed E-state index contributed by atoms with van der Waals surface area (Å²) in [5.74, 6) is -0.153. The number of pyridine rings is 2. The Morgan fingerprint density at radius 1 is 1.00 bits per heavy atom. The van der Waals surface area contributed by atoms with Gasteiger partial charge in [0.1, 0.15) is 12.2 Å². The van der Waals surface area contributed by atoms with Crippen LogP contribution in [0.15, 0.2) is 73.2 Å². The maximum absolute atomic E-state index is 14.1. The third kappa shape index (κ3) is 5.20. The number of carbonyl (C=O) groups excluding carboxylic acids is 3. The number of nitrogens with zero attached hydrogens (tertiary/aromatic N) is 5. The molecule has 0 saturated carbocycles. The molecule has 39 heavy (non-hydrogen) atoms. The van der Waals surface area contributed by atoms with Gasteiger partial charge in [0.2, 0.25) is 11.8 Å². The van der Waals surface area contributed by atoms with Crippen molar-refractivity contribution in [2.45, 2.75) is 31.1 Å². The SMILES string of the molecule is O=C1N[C@H]2C[C@@H](C(=O)N3CCN(C(=O)c4ccccc4)C[C@H]3COc3ncccc31)N(Cc1cccnc1)C2. The number of carbonyl (C=O) groups is 3. The smallest absolute Gasteiger partial charge is 0.257 e. The predicted molar refractivity (Wildman–Crippen MR) is 142 cm³/mol. The second kappa shape index (κ2) is 10.8. The first-order valence-corrected chi connectivity index (χ1v) is 13.2. The van der Waals surface area contributed by atoms with Crippen LogP contribution in [-0.2, 0) is 11.3 Å². The molecule has 10 nitrogen and oxygen atoms in total. The van der Waals surface area contributed by atoms with E-state index in [9.17, 15) is 14.4 Å². The van der Waals surface area contributed by atoms with Crippen LogP contribution in [0.3, 0.4) is 0 Å². The van der Waals surface area contributed by atoms with Gasteiger partial charge in [-0.05, 0) is 42.3 Å². The van der Waals surface area contributed by atoms with Crippen LogP contribution in [0.5, 0.6) is 5.88 Å². The molecule has 2 bridgehead atoms. The molecule has 6 rings (SSSR count). The van der Waals surface area contributed by atoms with Crippen LogP contribution in [-0.4, -0.2) is 93.3 Å². The van der Waals surface area contributed by atoms with Crippen LogP contribution in [0.25, 0.3) is 0 Å². The van der Waals surface area contributed by atoms with Crippen molar-refractivity contribution in [3.63, 3.8) is 0 Å². The van der Waals surface area contributed by atoms with Crippen molar-refractivity contribution in [2.75, 3.05) is 32.8 Å². The quantitative estimate of drug-likeness (QED) is 0.552. The van der Waals surface area contributed by atoms with Crippen molar-refractivity contribution in [3.8, 4) is 5.88 Å². The minimum atomic E-state index is -0.415. The number of likely N-dealkylation sites (tertiary alicyclic amines) is 1. The fraction of sp³-hybridized carbons (Fsp3) is 0.345. The number of piperazine rings is 1. The Bertz CT molecular complexity index is 1350. The number of fused-ring (bicyclic) bond motifs is 4. The predicted octanol–water partition coefficient (Wildman–Crippen LogP) is 1.60. The summed E-state index contributed by atoms with van der Waals surface area (Å²) < 4.78 is 6.07. The van der Waals surface area contributed by atoms with Gasteiger partial charge in [0.25, 0.3) is 11.8 Å². The van der Waals surface area contributed by atoms with Gasteiger partial charge in [-0.2, -0.15) is 0 Å². The zero-order valence-corrected chi connectivity index (χ0v) is 21.5. The summed E-state index contributed by atoms with van der Waals surface area (Å²) in [5.41, 5.74) is 1.96. The molecule has 2 fully saturated rings. The van der Waals surface area contributed by atoms with E-state index in [1.807, 2.05) is 35.2 Å². The molecule has 10 heteroatoms. The van der Waals surface area contributed by atoms with E-state index >= 15 is 0 Å². The van der Waals surface area contributed by atoms with Crippen molar-refractivity contribution in [3.05, 3.63) is 89.9 Å². The third-order valence-electron chi connectivity index (χ3n) is 7.63. The van der Waals surface area contributed by atoms with Gasteiger partial charge in [-0.1, -0.05) is 24.3 Å². The number of hydrogen-bond acceptors (Lipinski definition) is 7. The molecule has 3 atom stereocenters. The summed E-state index contributed by atoms with van der Waals surface area (Å²) in [6.07, 6.45) is 5.60. The van der Waals surface area contributed by atoms with Gasteiger partial charge in [-0.3, -0.25) is 24.3 Å². The summed E-state index contributed by atoms with van der Waals surface area (Å²) in [6, 6.07) is 15.4. The average Bonchev–Trinajstić information content (AvgIpc) is 3.37. The molecule has 1 aromatic carbocycles. The van der Waals surface area contributed by atoms with Gasteiger partial charge in [-0.15, -0.1) is 0 Å². The third-order valence-corrected chi connectivity index (χ3v) is 7.63. The molecule has 0 radical (unpaired) electrons. The summed E-state index contributed by atoms with van der Waals surface area (Å²) in [6.45, 7) is 2.34. The van der Waals surface area contributed by atoms with Gasteiger partial charge in [0.15, 0.2) is 0 Å². The molecular formula is C29H30N6O4. The lowest BCUT2D eigenvalue weighted by molar-refractivity contribution is -0.141. The second-order valence-electron chi connectivity index (χ2n) is 10.2. The van der Waals surface area contributed by atoms with E-state index in [0.717, 1.165) is 5.56 Å². The maximum atomic E-state index is 14.1. The van der Waals surface area contributed by atoms with Crippen molar-refractivity contribution in [2.24, 2.45) is 0 Å². The lowest BCUT2D eigenvalue weighted by atomic mass is 10.1. The number of aromatic nitrogens is 2. The molecular weight excluding hydrogens is 496 g/mol. The molecule has 0 unspecified atom stereocenters. The largest absolute Gasteiger partial charge is 0.475 e. The highest BCUT2D eigenvalue weighted by molar-refractivity contribution is 5.97. The maximum Gasteiger partial charge on any atom is 0.257 e. The summed E-state index contributed by atoms with van der Waals surface area (Å²) in [5, 5.41) is 3.09. The zero-order valence-electron chi connectivity index (χ0n) is 21.5. The first-order chi connectivity index (χ1) is 19.1. The van der Waals surface area contributed by atoms with Gasteiger partial charge in [0, 0.05) is 62.9 Å². The molecule has 200 valence electrons. The van der Waals surface area contributed by atoms with E-state index in [1.165, 1.54) is 0 Å². The van der Waals surface area contributed by atoms with Crippen LogP contribution in [0.4, 0.5) is 0 Å². The number of benzene rings is 1. The van der Waals surface area contributed by atoms with Crippen LogP contribution in [0.1, 0.15) is 32.7 Å². The minimum Gasteiger partial charge on any atom is -0.475 e. The molecule has 3 amide bonds. The number of hydrogen-bond donors (Lipinski definition) is 1. The van der Waals surface area contributed by atoms with Gasteiger partial charge >= 0.3 is 0 Å². The van der Waals surface area contributed by atoms with E-state index < -0.39 is 12.1 Å². The Balaban J connectivity index is 1.31. The summed E-state index contributed by atoms with van der Waals surface area (Å²) in [4.78, 5) is 54.9. The van der Waals surface area contributed by atoms with Crippen LogP contribution in [0, 0.1) is 0 Å². The molecule has 3 aromatic rings. The number of nitrogens with one attached hydrogen (secondary N) is 1. The molecule has 0 aliphatic carbocycles. The molecule has 3 aliphatic rings. The van der Waals surface area contributed by atoms with E-state index in [2.05, 4.69) is 20.2 Å². The lowest BCUT2D eigenvalue weighted by Crippen LogP contribution is -2.61. The van der Waals surface area contributed by atoms with Gasteiger partial charge < -0.3 is 19.9 Å². The Hall–Kier alpha value is -4.31. The van der Waals surface area contributed by atoms with Crippen molar-refractivity contribution in [1.82, 2.24) is 30.0 Å². The van der Waals surface area contributed by atoms with Crippen molar-refractivity contribution < 1.29 is 19.1 Å². The molecule has 3 aliphatic heterocycles. The number of rotatable bonds is 3. The highest BCUT2D eigenvalue weighted by Gasteiger charge is 2.43. The Kier molecular flexibility index (Phi) is 6.93. The lowest BCUT2D eigenvalue weighted by Gasteiger charge is -2.43. The Morgan fingerprint density at radius 3 is 2.67 bits per heavy atom. The highest BCUT2D eigenvalue weighted by Crippen LogP contribution is 2.27. The molecule has 1 N–H and O–H groups in total. The fourth-order valence-corrected chi connectivity index (χ4v) is 5.71. The number of ether oxygens (including phenoxy) is 1. The first kappa shape index (κ1) is 25.0. The van der Waals surface area contributed by atoms with Gasteiger partial charge in [0.05, 0.1) is 12.1 Å². The van der Waals surface area contributed by atoms with Crippen LogP contribution in [0.2, 0.25) is 0 Å². The molecule has 2 saturated heterocycles. The average molecular weight is 527 g/mol. The highest BCUT2D eigenvalue weighted by atomic mass is 16.5. The first-order valence-electron chi connectivity index (χ1n) is 13.2. The monoisotopic (exact) mass is 526 g/mol. The molecule has 0 spiro atoms. The molecule has 5 heterocycles. The van der Waals surface area contributed by atoms with Crippen molar-refractivity contribution >= 4 is 17.7 Å². The Labute approximate surface area is 226 Å². The van der Waals surface area contributed by atoms with Crippen LogP contribution >= 0.6 is 0 Å². The second-order valence-corrected chi connectivity index (χ2v) is 10.2. The van der Waals surface area contributed by atoms with Crippen molar-refractivity contribution in [1.29, 1.82) is 0 Å². The minimum absolute atomic E-state index is 0.0159. The summed E-state index contributed by atoms with van der Waals surface area (Å²) in [7, 11) is 0. The van der Waals surface area contributed by atoms with E-state index in [4.69, 9.17) is 4.74 Å². The normalized spacial score (nSPS) is 23.5.